The van der Waals surface area contributed by atoms with Crippen molar-refractivity contribution >= 4 is 17.5 Å². The molecule has 0 bridgehead atoms. The van der Waals surface area contributed by atoms with E-state index in [2.05, 4.69) is 15.6 Å². The quantitative estimate of drug-likeness (QED) is 0.899. The smallest absolute Gasteiger partial charge is 0.228 e. The number of pyridine rings is 1. The van der Waals surface area contributed by atoms with Gasteiger partial charge in [-0.05, 0) is 23.3 Å². The summed E-state index contributed by atoms with van der Waals surface area (Å²) < 4.78 is 18.3. The number of carbonyl (C=O) groups excluding carboxylic acids is 2. The van der Waals surface area contributed by atoms with Gasteiger partial charge in [0, 0.05) is 30.9 Å². The van der Waals surface area contributed by atoms with E-state index in [0.29, 0.717) is 17.1 Å². The summed E-state index contributed by atoms with van der Waals surface area (Å²) in [7, 11) is 1.53. The summed E-state index contributed by atoms with van der Waals surface area (Å²) in [5.74, 6) is -1.20. The van der Waals surface area contributed by atoms with Crippen molar-refractivity contribution in [3.05, 3.63) is 53.5 Å². The molecule has 0 spiro atoms. The van der Waals surface area contributed by atoms with Crippen molar-refractivity contribution < 1.29 is 18.7 Å². The zero-order valence-electron chi connectivity index (χ0n) is 13.0. The predicted octanol–water partition coefficient (Wildman–Crippen LogP) is 1.97. The number of benzene rings is 1. The minimum atomic E-state index is -0.638. The molecule has 0 fully saturated rings. The Morgan fingerprint density at radius 1 is 1.42 bits per heavy atom. The zero-order valence-corrected chi connectivity index (χ0v) is 13.0. The molecule has 7 heteroatoms. The highest BCUT2D eigenvalue weighted by Gasteiger charge is 2.30. The number of carbonyl (C=O) groups is 2. The first kappa shape index (κ1) is 15.9. The van der Waals surface area contributed by atoms with E-state index in [1.807, 2.05) is 0 Å². The van der Waals surface area contributed by atoms with Gasteiger partial charge in [-0.25, -0.2) is 9.37 Å². The highest BCUT2D eigenvalue weighted by atomic mass is 19.1. The fraction of sp³-hybridized carbons (Fsp3) is 0.235. The monoisotopic (exact) mass is 329 g/mol. The first-order chi connectivity index (χ1) is 11.6. The van der Waals surface area contributed by atoms with Gasteiger partial charge in [0.1, 0.15) is 5.82 Å². The van der Waals surface area contributed by atoms with Crippen molar-refractivity contribution in [2.75, 3.05) is 12.4 Å². The number of rotatable bonds is 4. The molecule has 1 aromatic carbocycles. The van der Waals surface area contributed by atoms with Gasteiger partial charge in [0.2, 0.25) is 17.7 Å². The minimum absolute atomic E-state index is 0.0331. The molecule has 1 aromatic heterocycles. The van der Waals surface area contributed by atoms with Crippen molar-refractivity contribution in [2.24, 2.45) is 0 Å². The molecule has 1 aliphatic rings. The molecular formula is C17H16FN3O3. The van der Waals surface area contributed by atoms with Crippen LogP contribution in [0.1, 0.15) is 23.5 Å². The lowest BCUT2D eigenvalue weighted by atomic mass is 9.89. The Morgan fingerprint density at radius 2 is 2.25 bits per heavy atom. The van der Waals surface area contributed by atoms with Gasteiger partial charge in [0.15, 0.2) is 0 Å². The largest absolute Gasteiger partial charge is 0.481 e. The molecule has 0 radical (unpaired) electrons. The third-order valence-corrected chi connectivity index (χ3v) is 3.84. The van der Waals surface area contributed by atoms with Gasteiger partial charge in [-0.15, -0.1) is 0 Å². The van der Waals surface area contributed by atoms with E-state index in [1.165, 1.54) is 25.3 Å². The lowest BCUT2D eigenvalue weighted by Gasteiger charge is -2.24. The minimum Gasteiger partial charge on any atom is -0.481 e. The number of anilines is 1. The summed E-state index contributed by atoms with van der Waals surface area (Å²) in [4.78, 5) is 28.3. The van der Waals surface area contributed by atoms with Gasteiger partial charge in [-0.1, -0.05) is 12.1 Å². The maximum Gasteiger partial charge on any atom is 0.228 e. The summed E-state index contributed by atoms with van der Waals surface area (Å²) in [6.45, 7) is 0.282. The molecule has 1 unspecified atom stereocenters. The third-order valence-electron chi connectivity index (χ3n) is 3.84. The molecule has 2 N–H and O–H groups in total. The molecule has 0 saturated heterocycles. The number of amides is 2. The van der Waals surface area contributed by atoms with E-state index in [1.54, 1.807) is 18.3 Å². The maximum atomic E-state index is 13.3. The maximum absolute atomic E-state index is 13.3. The Hall–Kier alpha value is -2.96. The van der Waals surface area contributed by atoms with Crippen molar-refractivity contribution in [3.8, 4) is 5.88 Å². The molecule has 1 aliphatic heterocycles. The fourth-order valence-electron chi connectivity index (χ4n) is 2.62. The summed E-state index contributed by atoms with van der Waals surface area (Å²) in [6.07, 6.45) is 1.64. The zero-order chi connectivity index (χ0) is 17.1. The van der Waals surface area contributed by atoms with E-state index in [-0.39, 0.29) is 24.8 Å². The number of halogens is 1. The molecule has 3 rings (SSSR count). The van der Waals surface area contributed by atoms with E-state index < -0.39 is 11.7 Å². The molecule has 24 heavy (non-hydrogen) atoms. The molecular weight excluding hydrogens is 313 g/mol. The molecule has 2 amide bonds. The van der Waals surface area contributed by atoms with E-state index in [0.717, 1.165) is 5.56 Å². The van der Waals surface area contributed by atoms with Gasteiger partial charge in [-0.3, -0.25) is 9.59 Å². The van der Waals surface area contributed by atoms with Crippen LogP contribution in [0.4, 0.5) is 10.1 Å². The topological polar surface area (TPSA) is 80.3 Å². The van der Waals surface area contributed by atoms with Crippen molar-refractivity contribution in [1.29, 1.82) is 0 Å². The number of hydrogen-bond donors (Lipinski definition) is 2. The number of methoxy groups -OCH3 is 1. The Labute approximate surface area is 138 Å². The second-order valence-corrected chi connectivity index (χ2v) is 5.46. The average molecular weight is 329 g/mol. The van der Waals surface area contributed by atoms with Crippen LogP contribution >= 0.6 is 0 Å². The highest BCUT2D eigenvalue weighted by Crippen LogP contribution is 2.32. The van der Waals surface area contributed by atoms with Crippen LogP contribution in [0.2, 0.25) is 0 Å². The molecule has 0 aliphatic carbocycles. The summed E-state index contributed by atoms with van der Waals surface area (Å²) in [5, 5.41) is 5.38. The predicted molar refractivity (Wildman–Crippen MR) is 85.0 cm³/mol. The first-order valence-corrected chi connectivity index (χ1v) is 7.43. The van der Waals surface area contributed by atoms with Crippen LogP contribution in [0.15, 0.2) is 36.5 Å². The van der Waals surface area contributed by atoms with E-state index in [4.69, 9.17) is 4.74 Å². The standard InChI is InChI=1S/C17H16FN3O3/c1-24-16-5-2-10(8-19-16)9-20-17(23)13-7-15(22)21-14-6-11(18)3-4-12(13)14/h2-6,8,13H,7,9H2,1H3,(H,20,23)(H,21,22). The normalized spacial score (nSPS) is 16.1. The SMILES string of the molecule is COc1ccc(CNC(=O)C2CC(=O)Nc3cc(F)ccc32)cn1. The van der Waals surface area contributed by atoms with Gasteiger partial charge in [0.25, 0.3) is 0 Å². The van der Waals surface area contributed by atoms with E-state index >= 15 is 0 Å². The van der Waals surface area contributed by atoms with Crippen LogP contribution in [0.3, 0.4) is 0 Å². The number of aromatic nitrogens is 1. The Kier molecular flexibility index (Phi) is 4.41. The Morgan fingerprint density at radius 3 is 2.96 bits per heavy atom. The van der Waals surface area contributed by atoms with Crippen molar-refractivity contribution in [1.82, 2.24) is 10.3 Å². The number of ether oxygens (including phenoxy) is 1. The van der Waals surface area contributed by atoms with Gasteiger partial charge in [0.05, 0.1) is 13.0 Å². The summed E-state index contributed by atoms with van der Waals surface area (Å²) in [6, 6.07) is 7.53. The van der Waals surface area contributed by atoms with Crippen LogP contribution in [-0.2, 0) is 16.1 Å². The van der Waals surface area contributed by atoms with Crippen LogP contribution in [-0.4, -0.2) is 23.9 Å². The number of nitrogens with zero attached hydrogens (tertiary/aromatic N) is 1. The fourth-order valence-corrected chi connectivity index (χ4v) is 2.62. The van der Waals surface area contributed by atoms with Gasteiger partial charge >= 0.3 is 0 Å². The molecule has 1 atom stereocenters. The lowest BCUT2D eigenvalue weighted by Crippen LogP contribution is -2.34. The number of fused-ring (bicyclic) bond motifs is 1. The third kappa shape index (κ3) is 3.34. The van der Waals surface area contributed by atoms with Gasteiger partial charge < -0.3 is 15.4 Å². The second-order valence-electron chi connectivity index (χ2n) is 5.46. The molecule has 2 heterocycles. The Bertz CT molecular complexity index is 777. The van der Waals surface area contributed by atoms with Crippen LogP contribution in [0, 0.1) is 5.82 Å². The van der Waals surface area contributed by atoms with Gasteiger partial charge in [-0.2, -0.15) is 0 Å². The van der Waals surface area contributed by atoms with E-state index in [9.17, 15) is 14.0 Å². The van der Waals surface area contributed by atoms with Crippen molar-refractivity contribution in [2.45, 2.75) is 18.9 Å². The second kappa shape index (κ2) is 6.66. The molecule has 124 valence electrons. The summed E-state index contributed by atoms with van der Waals surface area (Å²) >= 11 is 0. The van der Waals surface area contributed by atoms with Crippen LogP contribution in [0.5, 0.6) is 5.88 Å². The molecule has 6 nitrogen and oxygen atoms in total. The number of hydrogen-bond acceptors (Lipinski definition) is 4. The molecule has 0 saturated carbocycles. The highest BCUT2D eigenvalue weighted by molar-refractivity contribution is 6.01. The number of nitrogens with one attached hydrogen (secondary N) is 2. The lowest BCUT2D eigenvalue weighted by molar-refractivity contribution is -0.126. The first-order valence-electron chi connectivity index (χ1n) is 7.43. The van der Waals surface area contributed by atoms with Crippen LogP contribution in [0.25, 0.3) is 0 Å². The Balaban J connectivity index is 1.71. The average Bonchev–Trinajstić information content (AvgIpc) is 2.59. The summed E-state index contributed by atoms with van der Waals surface area (Å²) in [5.41, 5.74) is 1.77. The van der Waals surface area contributed by atoms with Crippen LogP contribution < -0.4 is 15.4 Å². The molecule has 2 aromatic rings. The van der Waals surface area contributed by atoms with Crippen molar-refractivity contribution in [3.63, 3.8) is 0 Å².